The van der Waals surface area contributed by atoms with Gasteiger partial charge in [-0.25, -0.2) is 4.39 Å². The Kier molecular flexibility index (Phi) is 11.9. The highest BCUT2D eigenvalue weighted by molar-refractivity contribution is 14.0. The normalized spacial score (nSPS) is 11.0. The zero-order valence-corrected chi connectivity index (χ0v) is 16.2. The number of hydrogen-bond donors (Lipinski definition) is 2. The van der Waals surface area contributed by atoms with Gasteiger partial charge in [0.1, 0.15) is 5.82 Å². The molecule has 0 aliphatic carbocycles. The highest BCUT2D eigenvalue weighted by Gasteiger charge is 2.01. The number of halogens is 3. The fourth-order valence-corrected chi connectivity index (χ4v) is 2.09. The summed E-state index contributed by atoms with van der Waals surface area (Å²) < 4.78 is 18.6. The van der Waals surface area contributed by atoms with Crippen LogP contribution >= 0.6 is 39.9 Å². The molecule has 0 fully saturated rings. The number of aliphatic imine (C=N–C) groups is 1. The summed E-state index contributed by atoms with van der Waals surface area (Å²) in [6.45, 7) is 2.28. The fraction of sp³-hybridized carbons (Fsp3) is 0.500. The molecule has 1 rings (SSSR count). The van der Waals surface area contributed by atoms with Crippen LogP contribution in [0.3, 0.4) is 0 Å². The summed E-state index contributed by atoms with van der Waals surface area (Å²) in [7, 11) is 3.42. The van der Waals surface area contributed by atoms with Crippen molar-refractivity contribution in [3.05, 3.63) is 34.1 Å². The number of nitrogens with zero attached hydrogens (tertiary/aromatic N) is 1. The summed E-state index contributed by atoms with van der Waals surface area (Å²) in [6.07, 6.45) is 1.74. The van der Waals surface area contributed by atoms with Crippen LogP contribution in [0.5, 0.6) is 0 Å². The number of ether oxygens (including phenoxy) is 1. The van der Waals surface area contributed by atoms with Crippen LogP contribution in [0.25, 0.3) is 0 Å². The van der Waals surface area contributed by atoms with Gasteiger partial charge < -0.3 is 15.4 Å². The molecule has 0 saturated heterocycles. The standard InChI is InChI=1S/C14H21BrFN3O.HI/c1-17-14(18-7-3-9-20-2)19-8-6-11-4-5-13(16)12(15)10-11;/h4-5,10H,3,6-9H2,1-2H3,(H2,17,18,19);1H. The lowest BCUT2D eigenvalue weighted by molar-refractivity contribution is 0.195. The Morgan fingerprint density at radius 2 is 2.05 bits per heavy atom. The molecular weight excluding hydrogens is 452 g/mol. The maximum absolute atomic E-state index is 13.1. The third-order valence-electron chi connectivity index (χ3n) is 2.73. The fourth-order valence-electron chi connectivity index (χ4n) is 1.66. The van der Waals surface area contributed by atoms with E-state index < -0.39 is 0 Å². The Morgan fingerprint density at radius 1 is 1.33 bits per heavy atom. The molecule has 4 nitrogen and oxygen atoms in total. The largest absolute Gasteiger partial charge is 0.385 e. The van der Waals surface area contributed by atoms with E-state index in [-0.39, 0.29) is 29.8 Å². The second kappa shape index (κ2) is 12.2. The van der Waals surface area contributed by atoms with Crippen molar-refractivity contribution < 1.29 is 9.13 Å². The van der Waals surface area contributed by atoms with Crippen LogP contribution < -0.4 is 10.6 Å². The van der Waals surface area contributed by atoms with Crippen molar-refractivity contribution in [1.29, 1.82) is 0 Å². The molecule has 7 heteroatoms. The number of benzene rings is 1. The molecule has 0 aromatic heterocycles. The Bertz CT molecular complexity index is 446. The van der Waals surface area contributed by atoms with Crippen LogP contribution in [-0.4, -0.2) is 39.8 Å². The molecule has 0 heterocycles. The molecule has 0 saturated carbocycles. The average Bonchev–Trinajstić information content (AvgIpc) is 2.45. The Labute approximate surface area is 151 Å². The van der Waals surface area contributed by atoms with E-state index >= 15 is 0 Å². The number of rotatable bonds is 7. The van der Waals surface area contributed by atoms with Crippen LogP contribution in [-0.2, 0) is 11.2 Å². The van der Waals surface area contributed by atoms with Gasteiger partial charge in [-0.2, -0.15) is 0 Å². The second-order valence-corrected chi connectivity index (χ2v) is 5.12. The maximum Gasteiger partial charge on any atom is 0.190 e. The van der Waals surface area contributed by atoms with Crippen molar-refractivity contribution in [2.24, 2.45) is 4.99 Å². The van der Waals surface area contributed by atoms with Crippen molar-refractivity contribution in [3.63, 3.8) is 0 Å². The van der Waals surface area contributed by atoms with Gasteiger partial charge in [-0.05, 0) is 46.5 Å². The van der Waals surface area contributed by atoms with Crippen LogP contribution in [0.4, 0.5) is 4.39 Å². The van der Waals surface area contributed by atoms with E-state index in [1.54, 1.807) is 26.3 Å². The second-order valence-electron chi connectivity index (χ2n) is 4.27. The predicted octanol–water partition coefficient (Wildman–Crippen LogP) is 2.95. The molecule has 1 aromatic rings. The highest BCUT2D eigenvalue weighted by Crippen LogP contribution is 2.16. The Hall–Kier alpha value is -0.410. The van der Waals surface area contributed by atoms with E-state index in [1.165, 1.54) is 6.07 Å². The highest BCUT2D eigenvalue weighted by atomic mass is 127. The van der Waals surface area contributed by atoms with E-state index in [9.17, 15) is 4.39 Å². The monoisotopic (exact) mass is 473 g/mol. The Morgan fingerprint density at radius 3 is 2.67 bits per heavy atom. The van der Waals surface area contributed by atoms with Gasteiger partial charge >= 0.3 is 0 Å². The lowest BCUT2D eigenvalue weighted by Gasteiger charge is -2.11. The van der Waals surface area contributed by atoms with Crippen molar-refractivity contribution in [2.75, 3.05) is 33.9 Å². The average molecular weight is 474 g/mol. The molecule has 2 N–H and O–H groups in total. The number of nitrogens with one attached hydrogen (secondary N) is 2. The SMILES string of the molecule is CN=C(NCCCOC)NCCc1ccc(F)c(Br)c1.I. The van der Waals surface area contributed by atoms with Crippen molar-refractivity contribution in [3.8, 4) is 0 Å². The zero-order chi connectivity index (χ0) is 14.8. The lowest BCUT2D eigenvalue weighted by Crippen LogP contribution is -2.39. The molecule has 21 heavy (non-hydrogen) atoms. The van der Waals surface area contributed by atoms with Gasteiger partial charge in [-0.1, -0.05) is 6.07 Å². The predicted molar refractivity (Wildman–Crippen MR) is 99.1 cm³/mol. The zero-order valence-electron chi connectivity index (χ0n) is 12.3. The van der Waals surface area contributed by atoms with E-state index in [4.69, 9.17) is 4.74 Å². The number of guanidine groups is 1. The molecule has 0 bridgehead atoms. The quantitative estimate of drug-likeness (QED) is 0.277. The first-order valence-corrected chi connectivity index (χ1v) is 7.34. The van der Waals surface area contributed by atoms with Gasteiger partial charge in [0.25, 0.3) is 0 Å². The molecule has 0 radical (unpaired) electrons. The number of hydrogen-bond acceptors (Lipinski definition) is 2. The van der Waals surface area contributed by atoms with E-state index in [2.05, 4.69) is 31.6 Å². The smallest absolute Gasteiger partial charge is 0.190 e. The first-order chi connectivity index (χ1) is 9.67. The summed E-state index contributed by atoms with van der Waals surface area (Å²) in [5, 5.41) is 6.42. The number of methoxy groups -OCH3 is 1. The van der Waals surface area contributed by atoms with Gasteiger partial charge in [0.05, 0.1) is 4.47 Å². The molecule has 0 aliphatic heterocycles. The summed E-state index contributed by atoms with van der Waals surface area (Å²) in [5.41, 5.74) is 1.07. The van der Waals surface area contributed by atoms with Crippen molar-refractivity contribution >= 4 is 45.9 Å². The molecule has 0 amide bonds. The molecule has 0 unspecified atom stereocenters. The van der Waals surface area contributed by atoms with Gasteiger partial charge in [-0.3, -0.25) is 4.99 Å². The van der Waals surface area contributed by atoms with E-state index in [1.807, 2.05) is 0 Å². The summed E-state index contributed by atoms with van der Waals surface area (Å²) >= 11 is 3.19. The molecule has 1 aromatic carbocycles. The molecule has 0 aliphatic rings. The molecular formula is C14H22BrFIN3O. The molecule has 0 spiro atoms. The van der Waals surface area contributed by atoms with Gasteiger partial charge in [0, 0.05) is 33.9 Å². The Balaban J connectivity index is 0.00000400. The first kappa shape index (κ1) is 20.6. The lowest BCUT2D eigenvalue weighted by atomic mass is 10.1. The summed E-state index contributed by atoms with van der Waals surface area (Å²) in [5.74, 6) is 0.527. The molecule has 0 atom stereocenters. The van der Waals surface area contributed by atoms with Crippen LogP contribution in [0, 0.1) is 5.82 Å². The van der Waals surface area contributed by atoms with Crippen LogP contribution in [0.1, 0.15) is 12.0 Å². The van der Waals surface area contributed by atoms with Gasteiger partial charge in [0.2, 0.25) is 0 Å². The van der Waals surface area contributed by atoms with Crippen molar-refractivity contribution in [1.82, 2.24) is 10.6 Å². The van der Waals surface area contributed by atoms with Gasteiger partial charge in [0.15, 0.2) is 5.96 Å². The van der Waals surface area contributed by atoms with Crippen molar-refractivity contribution in [2.45, 2.75) is 12.8 Å². The minimum Gasteiger partial charge on any atom is -0.385 e. The summed E-state index contributed by atoms with van der Waals surface area (Å²) in [4.78, 5) is 4.13. The third-order valence-corrected chi connectivity index (χ3v) is 3.34. The molecule has 120 valence electrons. The van der Waals surface area contributed by atoms with Gasteiger partial charge in [-0.15, -0.1) is 24.0 Å². The van der Waals surface area contributed by atoms with E-state index in [0.717, 1.165) is 44.1 Å². The minimum atomic E-state index is -0.239. The summed E-state index contributed by atoms with van der Waals surface area (Å²) in [6, 6.07) is 5.06. The maximum atomic E-state index is 13.1. The van der Waals surface area contributed by atoms with E-state index in [0.29, 0.717) is 4.47 Å². The first-order valence-electron chi connectivity index (χ1n) is 6.54. The third kappa shape index (κ3) is 8.57. The van der Waals surface area contributed by atoms with Crippen LogP contribution in [0.2, 0.25) is 0 Å². The van der Waals surface area contributed by atoms with Crippen LogP contribution in [0.15, 0.2) is 27.7 Å². The topological polar surface area (TPSA) is 45.7 Å². The minimum absolute atomic E-state index is 0.